The highest BCUT2D eigenvalue weighted by molar-refractivity contribution is 6.04. The molecule has 10 aromatic rings. The lowest BCUT2D eigenvalue weighted by atomic mass is 9.89. The van der Waals surface area contributed by atoms with E-state index in [2.05, 4.69) is 18.2 Å². The molecule has 0 saturated carbocycles. The summed E-state index contributed by atoms with van der Waals surface area (Å²) in [4.78, 5) is 1.36. The van der Waals surface area contributed by atoms with Crippen LogP contribution >= 0.6 is 0 Å². The molecule has 0 N–H and O–H groups in total. The predicted octanol–water partition coefficient (Wildman–Crippen LogP) is 15.8. The van der Waals surface area contributed by atoms with E-state index in [-0.39, 0.29) is 46.7 Å². The van der Waals surface area contributed by atoms with Gasteiger partial charge in [-0.3, -0.25) is 0 Å². The molecule has 0 aromatic heterocycles. The van der Waals surface area contributed by atoms with Crippen LogP contribution in [0.4, 0.5) is 17.1 Å². The number of anilines is 3. The molecule has 0 aliphatic heterocycles. The van der Waals surface area contributed by atoms with Crippen molar-refractivity contribution < 1.29 is 11.0 Å². The van der Waals surface area contributed by atoms with E-state index in [1.807, 2.05) is 152 Å². The van der Waals surface area contributed by atoms with Gasteiger partial charge in [-0.25, -0.2) is 0 Å². The molecule has 0 amide bonds. The minimum absolute atomic E-state index is 0.104. The molecule has 0 bridgehead atoms. The van der Waals surface area contributed by atoms with Gasteiger partial charge in [0.25, 0.3) is 0 Å². The topological polar surface area (TPSA) is 3.24 Å². The van der Waals surface area contributed by atoms with Crippen LogP contribution in [-0.2, 0) is 0 Å². The number of nitrogens with zero attached hydrogens (tertiary/aromatic N) is 1. The zero-order valence-electron chi connectivity index (χ0n) is 38.8. The van der Waals surface area contributed by atoms with E-state index in [4.69, 9.17) is 0 Å². The van der Waals surface area contributed by atoms with Crippen molar-refractivity contribution in [2.24, 2.45) is 0 Å². The van der Waals surface area contributed by atoms with Crippen LogP contribution in [0.1, 0.15) is 11.0 Å². The van der Waals surface area contributed by atoms with Crippen molar-refractivity contribution in [3.05, 3.63) is 236 Å². The van der Waals surface area contributed by atoms with Gasteiger partial charge < -0.3 is 4.90 Å². The normalized spacial score (nSPS) is 13.1. The molecule has 0 unspecified atom stereocenters. The summed E-state index contributed by atoms with van der Waals surface area (Å²) in [6, 6.07) is 57.0. The van der Waals surface area contributed by atoms with E-state index in [0.717, 1.165) is 54.9 Å². The van der Waals surface area contributed by atoms with Crippen molar-refractivity contribution in [3.8, 4) is 55.6 Å². The molecule has 0 atom stereocenters. The maximum atomic E-state index is 9.77. The summed E-state index contributed by atoms with van der Waals surface area (Å²) in [6.45, 7) is 0. The molecule has 10 rings (SSSR count). The molecule has 268 valence electrons. The minimum atomic E-state index is -0.400. The van der Waals surface area contributed by atoms with Gasteiger partial charge in [0.15, 0.2) is 0 Å². The zero-order chi connectivity index (χ0) is 44.9. The van der Waals surface area contributed by atoms with E-state index < -0.39 is 24.2 Å². The summed E-state index contributed by atoms with van der Waals surface area (Å²) >= 11 is 0. The van der Waals surface area contributed by atoms with Crippen LogP contribution in [0, 0.1) is 0 Å². The first-order valence-corrected chi connectivity index (χ1v) is 18.9. The Bertz CT molecular complexity index is 3400. The first-order chi connectivity index (χ1) is 31.6. The maximum absolute atomic E-state index is 9.77. The monoisotopic (exact) mass is 733 g/mol. The molecule has 0 radical (unpaired) electrons. The third kappa shape index (κ3) is 6.77. The van der Waals surface area contributed by atoms with Crippen LogP contribution in [0.3, 0.4) is 0 Å². The number of fused-ring (bicyclic) bond motifs is 2. The number of benzene rings is 10. The molecule has 0 fully saturated rings. The Balaban J connectivity index is 1.20. The summed E-state index contributed by atoms with van der Waals surface area (Å²) in [5.74, 6) is 0. The summed E-state index contributed by atoms with van der Waals surface area (Å²) in [7, 11) is 0. The van der Waals surface area contributed by atoms with Gasteiger partial charge >= 0.3 is 0 Å². The second-order valence-corrected chi connectivity index (χ2v) is 13.9. The summed E-state index contributed by atoms with van der Waals surface area (Å²) in [6.07, 6.45) is 0. The van der Waals surface area contributed by atoms with Crippen LogP contribution in [-0.4, -0.2) is 0 Å². The lowest BCUT2D eigenvalue weighted by Crippen LogP contribution is -2.09. The van der Waals surface area contributed by atoms with E-state index in [9.17, 15) is 11.0 Å². The Labute approximate surface area is 345 Å². The molecule has 57 heavy (non-hydrogen) atoms. The van der Waals surface area contributed by atoms with Gasteiger partial charge in [-0.2, -0.15) is 0 Å². The molecule has 10 aromatic carbocycles. The fourth-order valence-corrected chi connectivity index (χ4v) is 7.53. The van der Waals surface area contributed by atoms with Crippen molar-refractivity contribution in [1.82, 2.24) is 0 Å². The molecule has 0 saturated heterocycles. The Morgan fingerprint density at radius 3 is 1.47 bits per heavy atom. The van der Waals surface area contributed by atoms with Crippen molar-refractivity contribution in [2.45, 2.75) is 0 Å². The molecule has 0 aliphatic rings. The molecular weight excluding hydrogens is 687 g/mol. The van der Waals surface area contributed by atoms with Gasteiger partial charge in [-0.15, -0.1) is 0 Å². The fraction of sp³-hybridized carbons (Fsp3) is 0. The second kappa shape index (κ2) is 15.0. The average molecular weight is 734 g/mol. The number of hydrogen-bond donors (Lipinski definition) is 0. The maximum Gasteiger partial charge on any atom is 0.0645 e. The molecule has 0 aliphatic carbocycles. The van der Waals surface area contributed by atoms with Gasteiger partial charge in [-0.1, -0.05) is 188 Å². The lowest BCUT2D eigenvalue weighted by Gasteiger charge is -2.26. The van der Waals surface area contributed by atoms with E-state index >= 15 is 0 Å². The van der Waals surface area contributed by atoms with Gasteiger partial charge in [0, 0.05) is 17.1 Å². The average Bonchev–Trinajstić information content (AvgIpc) is 3.35. The van der Waals surface area contributed by atoms with Gasteiger partial charge in [0.2, 0.25) is 0 Å². The van der Waals surface area contributed by atoms with Crippen molar-refractivity contribution in [2.75, 3.05) is 4.90 Å². The van der Waals surface area contributed by atoms with Crippen LogP contribution in [0.2, 0.25) is 0 Å². The van der Waals surface area contributed by atoms with Crippen LogP contribution in [0.15, 0.2) is 236 Å². The lowest BCUT2D eigenvalue weighted by molar-refractivity contribution is 1.28. The fourth-order valence-electron chi connectivity index (χ4n) is 7.53. The standard InChI is InChI=1S/C56H39N/c1-3-12-40(13-4-1)48-19-11-20-49(38-48)42-24-31-51(32-25-42)57(52-33-26-43(27-34-52)50-23-22-41-14-7-8-18-47(41)39-50)53-35-28-46(29-36-53)56-54-21-10-9-17-45(54)30-37-55(56)44-15-5-2-6-16-44/h1-39H/i24D,25D,28D,29D,31D,32D,35D,36D. The molecule has 1 nitrogen and oxygen atoms in total. The number of rotatable bonds is 8. The summed E-state index contributed by atoms with van der Waals surface area (Å²) in [5.41, 5.74) is 6.38. The quantitative estimate of drug-likeness (QED) is 0.150. The molecular formula is C56H39N. The molecule has 1 heteroatoms. The molecule has 0 spiro atoms. The van der Waals surface area contributed by atoms with Gasteiger partial charge in [0.05, 0.1) is 11.0 Å². The summed E-state index contributed by atoms with van der Waals surface area (Å²) < 4.78 is 77.1. The van der Waals surface area contributed by atoms with Gasteiger partial charge in [-0.05, 0) is 126 Å². The largest absolute Gasteiger partial charge is 0.311 e. The smallest absolute Gasteiger partial charge is 0.0645 e. The SMILES string of the molecule is [2H]c1c([2H])c(N(c2ccc(-c3ccc4ccccc4c3)cc2)c2c([2H])c([2H])c(-c3c(-c4ccccc4)ccc4ccccc34)c([2H])c2[2H])c([2H])c([2H])c1-c1cccc(-c2ccccc2)c1. The highest BCUT2D eigenvalue weighted by Crippen LogP contribution is 2.42. The highest BCUT2D eigenvalue weighted by atomic mass is 15.1. The molecule has 0 heterocycles. The Morgan fingerprint density at radius 2 is 0.772 bits per heavy atom. The van der Waals surface area contributed by atoms with E-state index in [0.29, 0.717) is 16.8 Å². The third-order valence-electron chi connectivity index (χ3n) is 10.4. The Kier molecular flexibility index (Phi) is 6.92. The predicted molar refractivity (Wildman–Crippen MR) is 243 cm³/mol. The van der Waals surface area contributed by atoms with Crippen molar-refractivity contribution in [3.63, 3.8) is 0 Å². The number of hydrogen-bond acceptors (Lipinski definition) is 1. The third-order valence-corrected chi connectivity index (χ3v) is 10.4. The van der Waals surface area contributed by atoms with Crippen LogP contribution in [0.5, 0.6) is 0 Å². The van der Waals surface area contributed by atoms with Crippen LogP contribution in [0.25, 0.3) is 77.2 Å². The van der Waals surface area contributed by atoms with Crippen molar-refractivity contribution in [1.29, 1.82) is 0 Å². The van der Waals surface area contributed by atoms with Crippen molar-refractivity contribution >= 4 is 38.6 Å². The van der Waals surface area contributed by atoms with Crippen LogP contribution < -0.4 is 4.90 Å². The summed E-state index contributed by atoms with van der Waals surface area (Å²) in [5, 5.41) is 3.80. The van der Waals surface area contributed by atoms with E-state index in [1.54, 1.807) is 18.2 Å². The minimum Gasteiger partial charge on any atom is -0.311 e. The Morgan fingerprint density at radius 1 is 0.281 bits per heavy atom. The highest BCUT2D eigenvalue weighted by Gasteiger charge is 2.16. The Hall–Kier alpha value is -7.48. The second-order valence-electron chi connectivity index (χ2n) is 13.9. The van der Waals surface area contributed by atoms with E-state index in [1.165, 1.54) is 4.90 Å². The first-order valence-electron chi connectivity index (χ1n) is 22.9. The van der Waals surface area contributed by atoms with Gasteiger partial charge in [0.1, 0.15) is 0 Å². The zero-order valence-corrected chi connectivity index (χ0v) is 30.8. The first kappa shape index (κ1) is 26.3.